The zero-order valence-electron chi connectivity index (χ0n) is 8.73. The number of methoxy groups -OCH3 is 2. The van der Waals surface area contributed by atoms with Gasteiger partial charge in [-0.1, -0.05) is 0 Å². The summed E-state index contributed by atoms with van der Waals surface area (Å²) in [6, 6.07) is 0. The minimum absolute atomic E-state index is 0.206. The first kappa shape index (κ1) is 11.1. The SMILES string of the molecule is COCC1=NC(COC)N(N)C(C)=N1. The van der Waals surface area contributed by atoms with Crippen molar-refractivity contribution in [1.82, 2.24) is 5.01 Å². The van der Waals surface area contributed by atoms with Crippen molar-refractivity contribution in [3.63, 3.8) is 0 Å². The summed E-state index contributed by atoms with van der Waals surface area (Å²) in [4.78, 5) is 8.45. The predicted molar refractivity (Wildman–Crippen MR) is 54.1 cm³/mol. The first-order valence-electron chi connectivity index (χ1n) is 4.32. The van der Waals surface area contributed by atoms with Crippen LogP contribution in [0.15, 0.2) is 9.98 Å². The molecule has 0 bridgehead atoms. The third-order valence-electron chi connectivity index (χ3n) is 1.87. The molecule has 1 aliphatic heterocycles. The number of amidine groups is 2. The van der Waals surface area contributed by atoms with Crippen LogP contribution in [0.5, 0.6) is 0 Å². The Labute approximate surface area is 83.4 Å². The van der Waals surface area contributed by atoms with Crippen molar-refractivity contribution in [2.24, 2.45) is 15.8 Å². The average Bonchev–Trinajstić information content (AvgIpc) is 2.14. The Kier molecular flexibility index (Phi) is 3.99. The standard InChI is InChI=1S/C8H16N4O2/c1-6-10-7(4-13-2)11-8(5-14-3)12(6)9/h8H,4-5,9H2,1-3H3. The topological polar surface area (TPSA) is 72.4 Å². The van der Waals surface area contributed by atoms with E-state index >= 15 is 0 Å². The normalized spacial score (nSPS) is 22.0. The maximum absolute atomic E-state index is 5.74. The van der Waals surface area contributed by atoms with Crippen LogP contribution < -0.4 is 5.84 Å². The van der Waals surface area contributed by atoms with E-state index in [9.17, 15) is 0 Å². The minimum atomic E-state index is -0.206. The summed E-state index contributed by atoms with van der Waals surface area (Å²) in [7, 11) is 3.22. The van der Waals surface area contributed by atoms with Crippen LogP contribution in [0.3, 0.4) is 0 Å². The summed E-state index contributed by atoms with van der Waals surface area (Å²) < 4.78 is 9.96. The fourth-order valence-corrected chi connectivity index (χ4v) is 1.19. The summed E-state index contributed by atoms with van der Waals surface area (Å²) in [5, 5.41) is 1.49. The van der Waals surface area contributed by atoms with Crippen molar-refractivity contribution in [2.45, 2.75) is 13.1 Å². The second-order valence-corrected chi connectivity index (χ2v) is 2.98. The predicted octanol–water partition coefficient (Wildman–Crippen LogP) is -0.388. The molecule has 0 saturated carbocycles. The molecule has 2 N–H and O–H groups in total. The molecule has 0 spiro atoms. The summed E-state index contributed by atoms with van der Waals surface area (Å²) in [5.74, 6) is 7.11. The van der Waals surface area contributed by atoms with Crippen LogP contribution in [0.1, 0.15) is 6.92 Å². The van der Waals surface area contributed by atoms with Crippen LogP contribution >= 0.6 is 0 Å². The highest BCUT2D eigenvalue weighted by molar-refractivity contribution is 5.98. The molecule has 0 amide bonds. The molecule has 6 nitrogen and oxygen atoms in total. The Balaban J connectivity index is 2.72. The van der Waals surface area contributed by atoms with Gasteiger partial charge in [0.1, 0.15) is 12.4 Å². The molecule has 0 aromatic rings. The average molecular weight is 200 g/mol. The fourth-order valence-electron chi connectivity index (χ4n) is 1.19. The van der Waals surface area contributed by atoms with Gasteiger partial charge in [0, 0.05) is 14.2 Å². The van der Waals surface area contributed by atoms with E-state index in [0.29, 0.717) is 24.9 Å². The van der Waals surface area contributed by atoms with E-state index in [1.165, 1.54) is 5.01 Å². The Hall–Kier alpha value is -0.980. The molecule has 0 aromatic heterocycles. The third kappa shape index (κ3) is 2.50. The van der Waals surface area contributed by atoms with E-state index in [2.05, 4.69) is 9.98 Å². The molecule has 6 heteroatoms. The maximum Gasteiger partial charge on any atom is 0.161 e. The lowest BCUT2D eigenvalue weighted by atomic mass is 10.4. The van der Waals surface area contributed by atoms with Gasteiger partial charge in [-0.3, -0.25) is 5.01 Å². The summed E-state index contributed by atoms with van der Waals surface area (Å²) in [5.41, 5.74) is 0. The molecule has 14 heavy (non-hydrogen) atoms. The van der Waals surface area contributed by atoms with Gasteiger partial charge in [-0.15, -0.1) is 0 Å². The highest BCUT2D eigenvalue weighted by Crippen LogP contribution is 2.06. The molecule has 1 unspecified atom stereocenters. The van der Waals surface area contributed by atoms with Crippen molar-refractivity contribution < 1.29 is 9.47 Å². The van der Waals surface area contributed by atoms with Gasteiger partial charge in [-0.2, -0.15) is 0 Å². The second-order valence-electron chi connectivity index (χ2n) is 2.98. The zero-order chi connectivity index (χ0) is 10.6. The lowest BCUT2D eigenvalue weighted by Gasteiger charge is -2.28. The number of hydrazine groups is 1. The molecule has 1 aliphatic rings. The van der Waals surface area contributed by atoms with E-state index in [1.54, 1.807) is 14.2 Å². The maximum atomic E-state index is 5.74. The number of rotatable bonds is 4. The Bertz CT molecular complexity index is 252. The van der Waals surface area contributed by atoms with Crippen molar-refractivity contribution in [3.05, 3.63) is 0 Å². The molecule has 1 atom stereocenters. The number of hydrogen-bond acceptors (Lipinski definition) is 6. The Morgan fingerprint density at radius 2 is 2.14 bits per heavy atom. The van der Waals surface area contributed by atoms with Gasteiger partial charge in [0.2, 0.25) is 0 Å². The molecule has 0 fully saturated rings. The molecule has 80 valence electrons. The van der Waals surface area contributed by atoms with Gasteiger partial charge in [0.15, 0.2) is 12.0 Å². The number of hydrogen-bond donors (Lipinski definition) is 1. The molecule has 0 radical (unpaired) electrons. The van der Waals surface area contributed by atoms with Crippen molar-refractivity contribution in [1.29, 1.82) is 0 Å². The molecular formula is C8H16N4O2. The van der Waals surface area contributed by atoms with E-state index in [0.717, 1.165) is 0 Å². The summed E-state index contributed by atoms with van der Waals surface area (Å²) in [6.07, 6.45) is -0.206. The van der Waals surface area contributed by atoms with Crippen LogP contribution in [0.25, 0.3) is 0 Å². The van der Waals surface area contributed by atoms with Crippen molar-refractivity contribution in [3.8, 4) is 0 Å². The lowest BCUT2D eigenvalue weighted by molar-refractivity contribution is 0.129. The third-order valence-corrected chi connectivity index (χ3v) is 1.87. The van der Waals surface area contributed by atoms with E-state index < -0.39 is 0 Å². The molecular weight excluding hydrogens is 184 g/mol. The van der Waals surface area contributed by atoms with Crippen LogP contribution in [0.4, 0.5) is 0 Å². The number of ether oxygens (including phenoxy) is 2. The fraction of sp³-hybridized carbons (Fsp3) is 0.750. The number of aliphatic imine (C=N–C) groups is 2. The van der Waals surface area contributed by atoms with Crippen LogP contribution in [0, 0.1) is 0 Å². The molecule has 0 aliphatic carbocycles. The summed E-state index contributed by atoms with van der Waals surface area (Å²) in [6.45, 7) is 2.66. The Morgan fingerprint density at radius 3 is 2.71 bits per heavy atom. The molecule has 1 rings (SSSR count). The largest absolute Gasteiger partial charge is 0.380 e. The van der Waals surface area contributed by atoms with Gasteiger partial charge in [0.25, 0.3) is 0 Å². The highest BCUT2D eigenvalue weighted by Gasteiger charge is 2.20. The number of nitrogens with two attached hydrogens (primary N) is 1. The zero-order valence-corrected chi connectivity index (χ0v) is 8.73. The monoisotopic (exact) mass is 200 g/mol. The molecule has 0 saturated heterocycles. The van der Waals surface area contributed by atoms with Crippen molar-refractivity contribution >= 4 is 11.7 Å². The first-order chi connectivity index (χ1) is 6.69. The van der Waals surface area contributed by atoms with Crippen molar-refractivity contribution in [2.75, 3.05) is 27.4 Å². The van der Waals surface area contributed by atoms with Crippen LogP contribution in [0.2, 0.25) is 0 Å². The van der Waals surface area contributed by atoms with Crippen LogP contribution in [-0.4, -0.2) is 50.3 Å². The highest BCUT2D eigenvalue weighted by atomic mass is 16.5. The number of nitrogens with zero attached hydrogens (tertiary/aromatic N) is 3. The van der Waals surface area contributed by atoms with E-state index in [1.807, 2.05) is 6.92 Å². The quantitative estimate of drug-likeness (QED) is 0.627. The Morgan fingerprint density at radius 1 is 1.43 bits per heavy atom. The van der Waals surface area contributed by atoms with Crippen LogP contribution in [-0.2, 0) is 9.47 Å². The lowest BCUT2D eigenvalue weighted by Crippen LogP contribution is -2.48. The molecule has 1 heterocycles. The summed E-state index contributed by atoms with van der Waals surface area (Å²) >= 11 is 0. The first-order valence-corrected chi connectivity index (χ1v) is 4.32. The van der Waals surface area contributed by atoms with Gasteiger partial charge in [-0.25, -0.2) is 15.8 Å². The second kappa shape index (κ2) is 5.04. The molecule has 0 aromatic carbocycles. The van der Waals surface area contributed by atoms with Gasteiger partial charge in [0.05, 0.1) is 6.61 Å². The van der Waals surface area contributed by atoms with Gasteiger partial charge >= 0.3 is 0 Å². The van der Waals surface area contributed by atoms with Gasteiger partial charge < -0.3 is 9.47 Å². The smallest absolute Gasteiger partial charge is 0.161 e. The van der Waals surface area contributed by atoms with E-state index in [4.69, 9.17) is 15.3 Å². The van der Waals surface area contributed by atoms with E-state index in [-0.39, 0.29) is 6.17 Å². The minimum Gasteiger partial charge on any atom is -0.380 e. The van der Waals surface area contributed by atoms with Gasteiger partial charge in [-0.05, 0) is 6.92 Å².